The molecule has 1 rings (SSSR count). The summed E-state index contributed by atoms with van der Waals surface area (Å²) in [5, 5.41) is 15.8. The number of carbonyl (C=O) groups is 4. The molecule has 20 heavy (non-hydrogen) atoms. The van der Waals surface area contributed by atoms with E-state index in [4.69, 9.17) is 10.2 Å². The van der Waals surface area contributed by atoms with Crippen LogP contribution >= 0.6 is 0 Å². The first-order chi connectivity index (χ1) is 9.07. The van der Waals surface area contributed by atoms with Crippen molar-refractivity contribution >= 4 is 23.5 Å². The van der Waals surface area contributed by atoms with Gasteiger partial charge in [0, 0.05) is 11.1 Å². The maximum absolute atomic E-state index is 10.3. The molecule has 0 amide bonds. The Morgan fingerprint density at radius 2 is 0.950 bits per heavy atom. The third kappa shape index (κ3) is 13.3. The molecule has 0 unspecified atom stereocenters. The smallest absolute Gasteiger partial charge is 0.330 e. The highest BCUT2D eigenvalue weighted by Crippen LogP contribution is 1.90. The van der Waals surface area contributed by atoms with Gasteiger partial charge in [-0.3, -0.25) is 9.59 Å². The number of ketones is 2. The molecule has 6 heteroatoms. The first-order valence-corrected chi connectivity index (χ1v) is 5.29. The molecule has 6 nitrogen and oxygen atoms in total. The third-order valence-corrected chi connectivity index (χ3v) is 1.55. The number of carbonyl (C=O) groups excluding carboxylic acids is 2. The van der Waals surface area contributed by atoms with Crippen LogP contribution in [0.1, 0.15) is 13.8 Å². The highest BCUT2D eigenvalue weighted by molar-refractivity contribution is 6.14. The van der Waals surface area contributed by atoms with Gasteiger partial charge in [0.2, 0.25) is 0 Å². The average molecular weight is 280 g/mol. The quantitative estimate of drug-likeness (QED) is 0.586. The van der Waals surface area contributed by atoms with Gasteiger partial charge in [0.15, 0.2) is 11.6 Å². The van der Waals surface area contributed by atoms with E-state index in [1.807, 2.05) is 0 Å². The zero-order valence-electron chi connectivity index (χ0n) is 11.3. The van der Waals surface area contributed by atoms with Crippen molar-refractivity contribution in [2.24, 2.45) is 0 Å². The fourth-order valence-electron chi connectivity index (χ4n) is 0.440. The second-order valence-corrected chi connectivity index (χ2v) is 3.64. The molecule has 0 saturated carbocycles. The fraction of sp³-hybridized carbons (Fsp3) is 0.143. The zero-order valence-corrected chi connectivity index (χ0v) is 11.3. The molecule has 1 aliphatic carbocycles. The minimum Gasteiger partial charge on any atom is -0.478 e. The topological polar surface area (TPSA) is 109 Å². The zero-order chi connectivity index (χ0) is 16.3. The number of carboxylic acid groups (broad SMARTS) is 2. The molecule has 0 saturated heterocycles. The van der Waals surface area contributed by atoms with E-state index in [1.54, 1.807) is 0 Å². The predicted octanol–water partition coefficient (Wildman–Crippen LogP) is 1.54. The van der Waals surface area contributed by atoms with Crippen molar-refractivity contribution in [3.05, 3.63) is 48.6 Å². The Hall–Kier alpha value is -2.76. The average Bonchev–Trinajstić information content (AvgIpc) is 2.34. The van der Waals surface area contributed by atoms with Crippen molar-refractivity contribution in [1.29, 1.82) is 0 Å². The van der Waals surface area contributed by atoms with Crippen molar-refractivity contribution < 1.29 is 29.4 Å². The standard InChI is InChI=1S/C6H4O2.2C4H6O2/c7-5-1-2-6(8)4-3-5;2*1-3(2)4(5)6/h1-4H;2*1H2,2H3,(H,5,6). The fourth-order valence-corrected chi connectivity index (χ4v) is 0.440. The highest BCUT2D eigenvalue weighted by Gasteiger charge is 1.97. The first-order valence-electron chi connectivity index (χ1n) is 5.29. The van der Waals surface area contributed by atoms with E-state index < -0.39 is 11.9 Å². The highest BCUT2D eigenvalue weighted by atomic mass is 16.4. The molecule has 0 atom stereocenters. The van der Waals surface area contributed by atoms with E-state index in [2.05, 4.69) is 13.2 Å². The molecule has 2 N–H and O–H groups in total. The summed E-state index contributed by atoms with van der Waals surface area (Å²) in [4.78, 5) is 39.8. The molecule has 0 aromatic heterocycles. The summed E-state index contributed by atoms with van der Waals surface area (Å²) in [6, 6.07) is 0. The van der Waals surface area contributed by atoms with Crippen LogP contribution in [0, 0.1) is 0 Å². The second-order valence-electron chi connectivity index (χ2n) is 3.64. The lowest BCUT2D eigenvalue weighted by molar-refractivity contribution is -0.133. The van der Waals surface area contributed by atoms with E-state index in [1.165, 1.54) is 38.2 Å². The third-order valence-electron chi connectivity index (χ3n) is 1.55. The van der Waals surface area contributed by atoms with Crippen LogP contribution in [-0.2, 0) is 19.2 Å². The van der Waals surface area contributed by atoms with Crippen LogP contribution in [0.15, 0.2) is 48.6 Å². The van der Waals surface area contributed by atoms with Crippen LogP contribution in [0.4, 0.5) is 0 Å². The Balaban J connectivity index is 0. The summed E-state index contributed by atoms with van der Waals surface area (Å²) in [6.07, 6.45) is 5.01. The molecule has 1 aliphatic rings. The van der Waals surface area contributed by atoms with Gasteiger partial charge in [0.1, 0.15) is 0 Å². The van der Waals surface area contributed by atoms with Gasteiger partial charge in [-0.05, 0) is 38.2 Å². The largest absolute Gasteiger partial charge is 0.478 e. The van der Waals surface area contributed by atoms with Crippen LogP contribution < -0.4 is 0 Å². The van der Waals surface area contributed by atoms with Gasteiger partial charge in [-0.15, -0.1) is 0 Å². The number of aliphatic carboxylic acids is 2. The summed E-state index contributed by atoms with van der Waals surface area (Å²) in [7, 11) is 0. The summed E-state index contributed by atoms with van der Waals surface area (Å²) in [5.41, 5.74) is 0.352. The summed E-state index contributed by atoms with van der Waals surface area (Å²) in [6.45, 7) is 9.20. The lowest BCUT2D eigenvalue weighted by Gasteiger charge is -1.87. The summed E-state index contributed by atoms with van der Waals surface area (Å²) >= 11 is 0. The number of allylic oxidation sites excluding steroid dienone is 4. The number of hydrogen-bond donors (Lipinski definition) is 2. The van der Waals surface area contributed by atoms with E-state index >= 15 is 0 Å². The van der Waals surface area contributed by atoms with Crippen molar-refractivity contribution in [2.75, 3.05) is 0 Å². The maximum atomic E-state index is 10.3. The van der Waals surface area contributed by atoms with Gasteiger partial charge in [0.05, 0.1) is 0 Å². The Morgan fingerprint density at radius 1 is 0.800 bits per heavy atom. The number of rotatable bonds is 2. The van der Waals surface area contributed by atoms with Gasteiger partial charge in [-0.2, -0.15) is 0 Å². The number of carboxylic acids is 2. The molecule has 0 aliphatic heterocycles. The van der Waals surface area contributed by atoms with Crippen LogP contribution in [0.25, 0.3) is 0 Å². The van der Waals surface area contributed by atoms with E-state index in [-0.39, 0.29) is 22.7 Å². The van der Waals surface area contributed by atoms with Crippen LogP contribution in [0.5, 0.6) is 0 Å². The van der Waals surface area contributed by atoms with Crippen molar-refractivity contribution in [3.8, 4) is 0 Å². The predicted molar refractivity (Wildman–Crippen MR) is 73.2 cm³/mol. The number of hydrogen-bond acceptors (Lipinski definition) is 4. The molecule has 0 aromatic rings. The van der Waals surface area contributed by atoms with Crippen molar-refractivity contribution in [3.63, 3.8) is 0 Å². The Bertz CT molecular complexity index is 408. The molecule has 0 radical (unpaired) electrons. The van der Waals surface area contributed by atoms with E-state index in [0.29, 0.717) is 0 Å². The first kappa shape index (κ1) is 19.6. The van der Waals surface area contributed by atoms with Crippen LogP contribution in [0.2, 0.25) is 0 Å². The van der Waals surface area contributed by atoms with Gasteiger partial charge >= 0.3 is 11.9 Å². The summed E-state index contributed by atoms with van der Waals surface area (Å²) < 4.78 is 0. The molecule has 108 valence electrons. The van der Waals surface area contributed by atoms with Gasteiger partial charge in [-0.1, -0.05) is 13.2 Å². The molecular formula is C14H16O6. The minimum absolute atomic E-state index is 0.121. The van der Waals surface area contributed by atoms with Crippen LogP contribution in [-0.4, -0.2) is 33.7 Å². The monoisotopic (exact) mass is 280 g/mol. The Labute approximate surface area is 116 Å². The van der Waals surface area contributed by atoms with Crippen LogP contribution in [0.3, 0.4) is 0 Å². The normalized spacial score (nSPS) is 11.5. The molecule has 0 bridgehead atoms. The van der Waals surface area contributed by atoms with Gasteiger partial charge < -0.3 is 10.2 Å². The Morgan fingerprint density at radius 3 is 1.05 bits per heavy atom. The maximum Gasteiger partial charge on any atom is 0.330 e. The minimum atomic E-state index is -0.935. The SMILES string of the molecule is C=C(C)C(=O)O.C=C(C)C(=O)O.O=C1C=CC(=O)C=C1. The van der Waals surface area contributed by atoms with E-state index in [0.717, 1.165) is 0 Å². The molecular weight excluding hydrogens is 264 g/mol. The van der Waals surface area contributed by atoms with Gasteiger partial charge in [0.25, 0.3) is 0 Å². The Kier molecular flexibility index (Phi) is 9.97. The van der Waals surface area contributed by atoms with Gasteiger partial charge in [-0.25, -0.2) is 9.59 Å². The molecule has 0 fully saturated rings. The van der Waals surface area contributed by atoms with Crippen molar-refractivity contribution in [2.45, 2.75) is 13.8 Å². The molecule has 0 spiro atoms. The van der Waals surface area contributed by atoms with Crippen molar-refractivity contribution in [1.82, 2.24) is 0 Å². The summed E-state index contributed by atoms with van der Waals surface area (Å²) in [5.74, 6) is -2.11. The second kappa shape index (κ2) is 10.2. The van der Waals surface area contributed by atoms with E-state index in [9.17, 15) is 19.2 Å². The molecule has 0 heterocycles. The molecule has 0 aromatic carbocycles. The lowest BCUT2D eigenvalue weighted by Crippen LogP contribution is -1.97. The lowest BCUT2D eigenvalue weighted by atomic mass is 10.2.